The van der Waals surface area contributed by atoms with Crippen LogP contribution in [0.4, 0.5) is 0 Å². The molecule has 0 amide bonds. The lowest BCUT2D eigenvalue weighted by molar-refractivity contribution is 0.0968. The first kappa shape index (κ1) is 13.2. The van der Waals surface area contributed by atoms with Crippen LogP contribution in [0.2, 0.25) is 0 Å². The molecule has 0 aromatic heterocycles. The molecule has 90 valence electrons. The summed E-state index contributed by atoms with van der Waals surface area (Å²) in [6.07, 6.45) is 3.93. The van der Waals surface area contributed by atoms with E-state index in [4.69, 9.17) is 9.88 Å². The molecule has 0 bridgehead atoms. The maximum atomic E-state index is 10.6. The van der Waals surface area contributed by atoms with E-state index in [1.807, 2.05) is 0 Å². The number of hydrogen-bond acceptors (Lipinski definition) is 3. The van der Waals surface area contributed by atoms with E-state index in [0.717, 1.165) is 13.2 Å². The third-order valence-electron chi connectivity index (χ3n) is 2.15. The fraction of sp³-hybridized carbons (Fsp3) is 0.455. The van der Waals surface area contributed by atoms with Gasteiger partial charge in [0, 0.05) is 13.2 Å². The molecule has 0 atom stereocenters. The van der Waals surface area contributed by atoms with E-state index in [2.05, 4.69) is 0 Å². The van der Waals surface area contributed by atoms with E-state index in [0.29, 0.717) is 0 Å². The lowest BCUT2D eigenvalue weighted by Gasteiger charge is -2.08. The van der Waals surface area contributed by atoms with Gasteiger partial charge in [0.25, 0.3) is 0 Å². The van der Waals surface area contributed by atoms with Crippen LogP contribution in [0, 0.1) is 0 Å². The topological polar surface area (TPSA) is 69.4 Å². The first-order chi connectivity index (χ1) is 7.61. The molecule has 1 aliphatic rings. The van der Waals surface area contributed by atoms with Crippen molar-refractivity contribution in [2.24, 2.45) is 5.14 Å². The van der Waals surface area contributed by atoms with Crippen LogP contribution in [0.25, 0.3) is 0 Å². The maximum Gasteiger partial charge on any atom is 0.238 e. The first-order valence-corrected chi connectivity index (χ1v) is 6.81. The van der Waals surface area contributed by atoms with Crippen LogP contribution in [0.5, 0.6) is 0 Å². The molecule has 1 aliphatic heterocycles. The number of primary sulfonamides is 1. The minimum Gasteiger partial charge on any atom is -0.381 e. The summed E-state index contributed by atoms with van der Waals surface area (Å²) in [5.74, 6) is 0. The van der Waals surface area contributed by atoms with Crippen molar-refractivity contribution in [2.75, 3.05) is 13.2 Å². The predicted molar refractivity (Wildman–Crippen MR) is 62.5 cm³/mol. The molecular weight excluding hydrogens is 226 g/mol. The standard InChI is InChI=1S/C6H7NO2S.C5H10O/c7-10(8,9)6-4-2-1-3-5-6;1-2-4-6-5-3-1/h1-5H,(H2,7,8,9);1-5H2. The summed E-state index contributed by atoms with van der Waals surface area (Å²) in [7, 11) is -3.50. The number of sulfonamides is 1. The number of rotatable bonds is 1. The van der Waals surface area contributed by atoms with Gasteiger partial charge in [-0.25, -0.2) is 13.6 Å². The summed E-state index contributed by atoms with van der Waals surface area (Å²) in [5.41, 5.74) is 0. The fourth-order valence-corrected chi connectivity index (χ4v) is 1.83. The number of nitrogens with two attached hydrogens (primary N) is 1. The first-order valence-electron chi connectivity index (χ1n) is 5.26. The predicted octanol–water partition coefficient (Wildman–Crippen LogP) is 1.52. The van der Waals surface area contributed by atoms with Crippen molar-refractivity contribution in [3.63, 3.8) is 0 Å². The monoisotopic (exact) mass is 243 g/mol. The Morgan fingerprint density at radius 1 is 1.00 bits per heavy atom. The van der Waals surface area contributed by atoms with E-state index < -0.39 is 10.0 Å². The molecule has 2 N–H and O–H groups in total. The van der Waals surface area contributed by atoms with Crippen molar-refractivity contribution in [3.8, 4) is 0 Å². The molecule has 1 fully saturated rings. The molecule has 1 aromatic rings. The summed E-state index contributed by atoms with van der Waals surface area (Å²) < 4.78 is 26.3. The zero-order chi connectivity index (χ0) is 11.9. The SMILES string of the molecule is C1CCOCC1.NS(=O)(=O)c1ccccc1. The minimum atomic E-state index is -3.50. The molecule has 5 heteroatoms. The Morgan fingerprint density at radius 3 is 1.81 bits per heavy atom. The van der Waals surface area contributed by atoms with Crippen LogP contribution in [0.1, 0.15) is 19.3 Å². The Morgan fingerprint density at radius 2 is 1.56 bits per heavy atom. The van der Waals surface area contributed by atoms with Crippen molar-refractivity contribution in [2.45, 2.75) is 24.2 Å². The van der Waals surface area contributed by atoms with Gasteiger partial charge in [-0.05, 0) is 31.4 Å². The average molecular weight is 243 g/mol. The van der Waals surface area contributed by atoms with E-state index in [9.17, 15) is 8.42 Å². The van der Waals surface area contributed by atoms with Gasteiger partial charge >= 0.3 is 0 Å². The molecule has 1 aromatic carbocycles. The van der Waals surface area contributed by atoms with Crippen molar-refractivity contribution < 1.29 is 13.2 Å². The molecule has 16 heavy (non-hydrogen) atoms. The number of ether oxygens (including phenoxy) is 1. The molecule has 0 saturated carbocycles. The maximum absolute atomic E-state index is 10.6. The van der Waals surface area contributed by atoms with Gasteiger partial charge in [-0.1, -0.05) is 18.2 Å². The number of benzene rings is 1. The zero-order valence-electron chi connectivity index (χ0n) is 9.13. The molecule has 2 rings (SSSR count). The van der Waals surface area contributed by atoms with E-state index in [1.165, 1.54) is 31.4 Å². The average Bonchev–Trinajstić information content (AvgIpc) is 2.32. The molecule has 1 heterocycles. The van der Waals surface area contributed by atoms with Gasteiger partial charge in [0.1, 0.15) is 0 Å². The lowest BCUT2D eigenvalue weighted by atomic mass is 10.2. The summed E-state index contributed by atoms with van der Waals surface area (Å²) >= 11 is 0. The highest BCUT2D eigenvalue weighted by Gasteiger charge is 2.03. The molecule has 0 unspecified atom stereocenters. The van der Waals surface area contributed by atoms with Crippen LogP contribution in [-0.4, -0.2) is 21.6 Å². The molecule has 0 radical (unpaired) electrons. The summed E-state index contributed by atoms with van der Waals surface area (Å²) in [5, 5.41) is 4.83. The third kappa shape index (κ3) is 5.25. The lowest BCUT2D eigenvalue weighted by Crippen LogP contribution is -2.11. The van der Waals surface area contributed by atoms with Gasteiger partial charge in [0.15, 0.2) is 0 Å². The van der Waals surface area contributed by atoms with Crippen LogP contribution in [-0.2, 0) is 14.8 Å². The molecule has 0 spiro atoms. The second-order valence-electron chi connectivity index (χ2n) is 3.53. The van der Waals surface area contributed by atoms with Gasteiger partial charge in [0.2, 0.25) is 10.0 Å². The molecular formula is C11H17NO3S. The van der Waals surface area contributed by atoms with E-state index in [-0.39, 0.29) is 4.90 Å². The van der Waals surface area contributed by atoms with Crippen molar-refractivity contribution in [1.82, 2.24) is 0 Å². The summed E-state index contributed by atoms with van der Waals surface area (Å²) in [6, 6.07) is 7.89. The van der Waals surface area contributed by atoms with Crippen molar-refractivity contribution >= 4 is 10.0 Å². The van der Waals surface area contributed by atoms with Gasteiger partial charge in [-0.3, -0.25) is 0 Å². The van der Waals surface area contributed by atoms with Crippen LogP contribution in [0.15, 0.2) is 35.2 Å². The molecule has 4 nitrogen and oxygen atoms in total. The molecule has 0 aliphatic carbocycles. The zero-order valence-corrected chi connectivity index (χ0v) is 9.95. The third-order valence-corrected chi connectivity index (χ3v) is 3.08. The van der Waals surface area contributed by atoms with Crippen molar-refractivity contribution in [3.05, 3.63) is 30.3 Å². The van der Waals surface area contributed by atoms with Gasteiger partial charge in [-0.15, -0.1) is 0 Å². The van der Waals surface area contributed by atoms with Gasteiger partial charge < -0.3 is 4.74 Å². The van der Waals surface area contributed by atoms with Gasteiger partial charge in [0.05, 0.1) is 4.90 Å². The van der Waals surface area contributed by atoms with E-state index >= 15 is 0 Å². The van der Waals surface area contributed by atoms with Crippen LogP contribution < -0.4 is 5.14 Å². The van der Waals surface area contributed by atoms with Gasteiger partial charge in [-0.2, -0.15) is 0 Å². The minimum absolute atomic E-state index is 0.148. The Labute approximate surface area is 96.5 Å². The Balaban J connectivity index is 0.000000181. The van der Waals surface area contributed by atoms with Crippen molar-refractivity contribution in [1.29, 1.82) is 0 Å². The summed E-state index contributed by atoms with van der Waals surface area (Å²) in [6.45, 7) is 2.00. The fourth-order valence-electron chi connectivity index (χ4n) is 1.30. The quantitative estimate of drug-likeness (QED) is 0.813. The highest BCUT2D eigenvalue weighted by molar-refractivity contribution is 7.89. The summed E-state index contributed by atoms with van der Waals surface area (Å²) in [4.78, 5) is 0.148. The second-order valence-corrected chi connectivity index (χ2v) is 5.09. The van der Waals surface area contributed by atoms with E-state index in [1.54, 1.807) is 18.2 Å². The Kier molecular flexibility index (Phi) is 5.45. The normalized spacial score (nSPS) is 16.1. The highest BCUT2D eigenvalue weighted by atomic mass is 32.2. The molecule has 1 saturated heterocycles. The Hall–Kier alpha value is -0.910. The number of hydrogen-bond donors (Lipinski definition) is 1. The second kappa shape index (κ2) is 6.62. The smallest absolute Gasteiger partial charge is 0.238 e. The van der Waals surface area contributed by atoms with Crippen LogP contribution >= 0.6 is 0 Å². The largest absolute Gasteiger partial charge is 0.381 e. The highest BCUT2D eigenvalue weighted by Crippen LogP contribution is 2.03. The van der Waals surface area contributed by atoms with Crippen LogP contribution in [0.3, 0.4) is 0 Å². The Bertz CT molecular complexity index is 373.